The third-order valence-electron chi connectivity index (χ3n) is 3.29. The monoisotopic (exact) mass is 266 g/mol. The van der Waals surface area contributed by atoms with E-state index in [0.29, 0.717) is 18.5 Å². The lowest BCUT2D eigenvalue weighted by atomic mass is 10.2. The van der Waals surface area contributed by atoms with Crippen molar-refractivity contribution in [2.75, 3.05) is 45.0 Å². The minimum absolute atomic E-state index is 0.274. The van der Waals surface area contributed by atoms with Crippen LogP contribution in [0.3, 0.4) is 0 Å². The summed E-state index contributed by atoms with van der Waals surface area (Å²) in [6, 6.07) is 0.450. The van der Waals surface area contributed by atoms with Crippen molar-refractivity contribution < 1.29 is 4.74 Å². The maximum absolute atomic E-state index is 5.73. The molecular formula is C12H22N6O. The number of nitrogens with zero attached hydrogens (tertiary/aromatic N) is 5. The first kappa shape index (κ1) is 14.0. The Kier molecular flexibility index (Phi) is 4.49. The van der Waals surface area contributed by atoms with Gasteiger partial charge in [-0.2, -0.15) is 15.0 Å². The Morgan fingerprint density at radius 1 is 1.37 bits per heavy atom. The topological polar surface area (TPSA) is 80.4 Å². The van der Waals surface area contributed by atoms with Crippen LogP contribution in [-0.4, -0.2) is 60.3 Å². The first-order valence-corrected chi connectivity index (χ1v) is 6.51. The average molecular weight is 266 g/mol. The molecule has 7 nitrogen and oxygen atoms in total. The van der Waals surface area contributed by atoms with E-state index in [-0.39, 0.29) is 5.95 Å². The zero-order valence-corrected chi connectivity index (χ0v) is 11.8. The van der Waals surface area contributed by atoms with E-state index in [9.17, 15) is 0 Å². The molecule has 1 unspecified atom stereocenters. The molecule has 1 aromatic rings. The highest BCUT2D eigenvalue weighted by atomic mass is 16.5. The molecule has 0 aromatic carbocycles. The normalized spacial score (nSPS) is 19.8. The lowest BCUT2D eigenvalue weighted by Crippen LogP contribution is -2.33. The number of aromatic nitrogens is 3. The summed E-state index contributed by atoms with van der Waals surface area (Å²) in [5, 5.41) is 0. The van der Waals surface area contributed by atoms with Crippen molar-refractivity contribution in [3.63, 3.8) is 0 Å². The Morgan fingerprint density at radius 2 is 2.16 bits per heavy atom. The molecule has 1 aromatic heterocycles. The van der Waals surface area contributed by atoms with Crippen molar-refractivity contribution in [2.45, 2.75) is 25.4 Å². The van der Waals surface area contributed by atoms with Gasteiger partial charge in [0.05, 0.1) is 13.2 Å². The highest BCUT2D eigenvalue weighted by Crippen LogP contribution is 2.19. The maximum Gasteiger partial charge on any atom is 0.229 e. The van der Waals surface area contributed by atoms with Gasteiger partial charge in [0.1, 0.15) is 5.82 Å². The molecule has 1 fully saturated rings. The molecule has 19 heavy (non-hydrogen) atoms. The maximum atomic E-state index is 5.73. The number of anilines is 2. The van der Waals surface area contributed by atoms with Crippen molar-refractivity contribution in [2.24, 2.45) is 0 Å². The van der Waals surface area contributed by atoms with Gasteiger partial charge in [-0.3, -0.25) is 4.90 Å². The fraction of sp³-hybridized carbons (Fsp3) is 0.750. The van der Waals surface area contributed by atoms with E-state index < -0.39 is 0 Å². The number of hydrogen-bond donors (Lipinski definition) is 1. The lowest BCUT2D eigenvalue weighted by molar-refractivity contribution is 0.110. The van der Waals surface area contributed by atoms with Gasteiger partial charge in [-0.25, -0.2) is 0 Å². The molecular weight excluding hydrogens is 244 g/mol. The zero-order chi connectivity index (χ0) is 13.8. The van der Waals surface area contributed by atoms with Crippen LogP contribution in [0.25, 0.3) is 0 Å². The van der Waals surface area contributed by atoms with Crippen LogP contribution >= 0.6 is 0 Å². The van der Waals surface area contributed by atoms with Gasteiger partial charge in [0.25, 0.3) is 0 Å². The number of ether oxygens (including phenoxy) is 1. The Hall–Kier alpha value is -1.47. The van der Waals surface area contributed by atoms with Crippen LogP contribution in [-0.2, 0) is 11.3 Å². The predicted molar refractivity (Wildman–Crippen MR) is 73.9 cm³/mol. The molecule has 1 aliphatic heterocycles. The van der Waals surface area contributed by atoms with Crippen LogP contribution in [0.5, 0.6) is 0 Å². The molecule has 2 heterocycles. The molecule has 2 N–H and O–H groups in total. The quantitative estimate of drug-likeness (QED) is 0.811. The van der Waals surface area contributed by atoms with E-state index in [1.54, 1.807) is 7.11 Å². The number of rotatable bonds is 5. The van der Waals surface area contributed by atoms with Crippen LogP contribution in [0.2, 0.25) is 0 Å². The van der Waals surface area contributed by atoms with Crippen molar-refractivity contribution >= 4 is 11.9 Å². The van der Waals surface area contributed by atoms with Crippen molar-refractivity contribution in [3.8, 4) is 0 Å². The Balaban J connectivity index is 2.09. The summed E-state index contributed by atoms with van der Waals surface area (Å²) in [7, 11) is 5.52. The summed E-state index contributed by atoms with van der Waals surface area (Å²) in [4.78, 5) is 16.9. The van der Waals surface area contributed by atoms with Crippen LogP contribution in [0.4, 0.5) is 11.9 Å². The van der Waals surface area contributed by atoms with Gasteiger partial charge >= 0.3 is 0 Å². The summed E-state index contributed by atoms with van der Waals surface area (Å²) in [5.74, 6) is 1.60. The van der Waals surface area contributed by atoms with Crippen molar-refractivity contribution in [1.82, 2.24) is 19.9 Å². The van der Waals surface area contributed by atoms with Crippen LogP contribution in [0.15, 0.2) is 0 Å². The fourth-order valence-electron chi connectivity index (χ4n) is 2.36. The predicted octanol–water partition coefficient (Wildman–Crippen LogP) is 0.131. The average Bonchev–Trinajstić information content (AvgIpc) is 2.76. The standard InChI is InChI=1S/C12H22N6O/c1-17(2)12-15-10(14-11(13)16-12)7-18-6-4-5-9(18)8-19-3/h9H,4-8H2,1-3H3,(H2,13,14,15,16). The number of nitrogen functional groups attached to an aromatic ring is 1. The van der Waals surface area contributed by atoms with Gasteiger partial charge in [-0.05, 0) is 19.4 Å². The van der Waals surface area contributed by atoms with Crippen molar-refractivity contribution in [3.05, 3.63) is 5.82 Å². The Labute approximate surface area is 113 Å². The third-order valence-corrected chi connectivity index (χ3v) is 3.29. The van der Waals surface area contributed by atoms with Gasteiger partial charge in [-0.1, -0.05) is 0 Å². The number of nitrogens with two attached hydrogens (primary N) is 1. The molecule has 0 radical (unpaired) electrons. The second kappa shape index (κ2) is 6.12. The number of methoxy groups -OCH3 is 1. The molecule has 1 atom stereocenters. The van der Waals surface area contributed by atoms with E-state index in [1.807, 2.05) is 19.0 Å². The van der Waals surface area contributed by atoms with E-state index in [1.165, 1.54) is 6.42 Å². The minimum atomic E-state index is 0.274. The number of hydrogen-bond acceptors (Lipinski definition) is 7. The van der Waals surface area contributed by atoms with Gasteiger partial charge in [0, 0.05) is 27.2 Å². The SMILES string of the molecule is COCC1CCCN1Cc1nc(N)nc(N(C)C)n1. The van der Waals surface area contributed by atoms with Crippen LogP contribution in [0, 0.1) is 0 Å². The molecule has 0 spiro atoms. The van der Waals surface area contributed by atoms with Gasteiger partial charge in [0.15, 0.2) is 0 Å². The van der Waals surface area contributed by atoms with Gasteiger partial charge < -0.3 is 15.4 Å². The van der Waals surface area contributed by atoms with E-state index in [0.717, 1.165) is 25.4 Å². The summed E-state index contributed by atoms with van der Waals surface area (Å²) < 4.78 is 5.25. The molecule has 106 valence electrons. The van der Waals surface area contributed by atoms with Gasteiger partial charge in [0.2, 0.25) is 11.9 Å². The Bertz CT molecular complexity index is 425. The van der Waals surface area contributed by atoms with E-state index in [2.05, 4.69) is 19.9 Å². The summed E-state index contributed by atoms with van der Waals surface area (Å²) in [6.45, 7) is 2.50. The second-order valence-electron chi connectivity index (χ2n) is 5.03. The molecule has 0 bridgehead atoms. The summed E-state index contributed by atoms with van der Waals surface area (Å²) >= 11 is 0. The Morgan fingerprint density at radius 3 is 2.84 bits per heavy atom. The highest BCUT2D eigenvalue weighted by molar-refractivity contribution is 5.32. The molecule has 1 aliphatic rings. The molecule has 7 heteroatoms. The molecule has 0 amide bonds. The highest BCUT2D eigenvalue weighted by Gasteiger charge is 2.25. The van der Waals surface area contributed by atoms with Crippen LogP contribution < -0.4 is 10.6 Å². The lowest BCUT2D eigenvalue weighted by Gasteiger charge is -2.23. The molecule has 0 aliphatic carbocycles. The fourth-order valence-corrected chi connectivity index (χ4v) is 2.36. The first-order chi connectivity index (χ1) is 9.10. The zero-order valence-electron chi connectivity index (χ0n) is 11.8. The minimum Gasteiger partial charge on any atom is -0.383 e. The molecule has 0 saturated carbocycles. The van der Waals surface area contributed by atoms with Crippen molar-refractivity contribution in [1.29, 1.82) is 0 Å². The third kappa shape index (κ3) is 3.51. The van der Waals surface area contributed by atoms with Gasteiger partial charge in [-0.15, -0.1) is 0 Å². The molecule has 1 saturated heterocycles. The van der Waals surface area contributed by atoms with E-state index >= 15 is 0 Å². The summed E-state index contributed by atoms with van der Waals surface area (Å²) in [6.07, 6.45) is 2.35. The van der Waals surface area contributed by atoms with Crippen LogP contribution in [0.1, 0.15) is 18.7 Å². The largest absolute Gasteiger partial charge is 0.383 e. The second-order valence-corrected chi connectivity index (χ2v) is 5.03. The number of likely N-dealkylation sites (tertiary alicyclic amines) is 1. The van der Waals surface area contributed by atoms with E-state index in [4.69, 9.17) is 10.5 Å². The smallest absolute Gasteiger partial charge is 0.229 e. The summed E-state index contributed by atoms with van der Waals surface area (Å²) in [5.41, 5.74) is 5.73. The first-order valence-electron chi connectivity index (χ1n) is 6.51. The molecule has 2 rings (SSSR count).